The van der Waals surface area contributed by atoms with Gasteiger partial charge in [-0.1, -0.05) is 40.5 Å². The molecule has 5 heteroatoms. The monoisotopic (exact) mass is 334 g/mol. The average Bonchev–Trinajstić information content (AvgIpc) is 2.51. The minimum atomic E-state index is -0.609. The van der Waals surface area contributed by atoms with Crippen LogP contribution in [0.15, 0.2) is 0 Å². The predicted molar refractivity (Wildman–Crippen MR) is 92.3 cm³/mol. The molecule has 0 spiro atoms. The lowest BCUT2D eigenvalue weighted by Gasteiger charge is -2.43. The summed E-state index contributed by atoms with van der Waals surface area (Å²) in [5.41, 5.74) is 0.0693. The summed E-state index contributed by atoms with van der Waals surface area (Å²) in [6, 6.07) is 0. The molecule has 0 aliphatic carbocycles. The average molecular weight is 335 g/mol. The Bertz CT molecular complexity index is 277. The highest BCUT2D eigenvalue weighted by Gasteiger charge is 2.43. The van der Waals surface area contributed by atoms with Crippen LogP contribution < -0.4 is 0 Å². The Hall–Kier alpha value is 0.190. The summed E-state index contributed by atoms with van der Waals surface area (Å²) in [6.45, 7) is 10.4. The number of hydrogen-bond acceptors (Lipinski definition) is 5. The number of unbranched alkanes of at least 4 members (excludes halogenated alkanes) is 2. The minimum Gasteiger partial charge on any atom is -0.388 e. The van der Waals surface area contributed by atoms with Gasteiger partial charge in [-0.2, -0.15) is 0 Å². The van der Waals surface area contributed by atoms with Crippen molar-refractivity contribution in [1.82, 2.24) is 0 Å². The number of hydrogen-bond donors (Lipinski definition) is 1. The van der Waals surface area contributed by atoms with Crippen LogP contribution in [0.4, 0.5) is 0 Å². The molecule has 132 valence electrons. The third-order valence-corrected chi connectivity index (χ3v) is 5.24. The van der Waals surface area contributed by atoms with Crippen LogP contribution in [0.1, 0.15) is 53.4 Å². The van der Waals surface area contributed by atoms with E-state index < -0.39 is 6.10 Å². The lowest BCUT2D eigenvalue weighted by Crippen LogP contribution is -2.55. The van der Waals surface area contributed by atoms with Crippen LogP contribution in [0.25, 0.3) is 0 Å². The third kappa shape index (κ3) is 6.36. The van der Waals surface area contributed by atoms with Crippen molar-refractivity contribution in [3.63, 3.8) is 0 Å². The number of aliphatic hydroxyl groups is 1. The number of rotatable bonds is 11. The molecule has 1 rings (SSSR count). The molecule has 22 heavy (non-hydrogen) atoms. The Labute approximate surface area is 140 Å². The fourth-order valence-corrected chi connectivity index (χ4v) is 3.62. The van der Waals surface area contributed by atoms with Crippen molar-refractivity contribution in [2.45, 2.75) is 77.1 Å². The zero-order valence-electron chi connectivity index (χ0n) is 14.6. The van der Waals surface area contributed by atoms with Gasteiger partial charge < -0.3 is 19.3 Å². The molecule has 1 N–H and O–H groups in total. The highest BCUT2D eigenvalue weighted by atomic mass is 32.2. The lowest BCUT2D eigenvalue weighted by molar-refractivity contribution is -0.201. The molecule has 0 aromatic carbocycles. The molecule has 0 amide bonds. The lowest BCUT2D eigenvalue weighted by atomic mass is 9.93. The zero-order valence-corrected chi connectivity index (χ0v) is 15.4. The molecule has 0 bridgehead atoms. The molecule has 1 heterocycles. The first-order chi connectivity index (χ1) is 10.7. The van der Waals surface area contributed by atoms with Crippen LogP contribution in [-0.4, -0.2) is 54.4 Å². The van der Waals surface area contributed by atoms with Gasteiger partial charge in [-0.25, -0.2) is 0 Å². The van der Waals surface area contributed by atoms with Gasteiger partial charge in [-0.15, -0.1) is 11.8 Å². The van der Waals surface area contributed by atoms with Crippen molar-refractivity contribution < 1.29 is 19.3 Å². The van der Waals surface area contributed by atoms with E-state index in [9.17, 15) is 5.11 Å². The van der Waals surface area contributed by atoms with E-state index in [2.05, 4.69) is 27.7 Å². The molecule has 1 aliphatic rings. The van der Waals surface area contributed by atoms with Crippen LogP contribution >= 0.6 is 11.8 Å². The molecular weight excluding hydrogens is 300 g/mol. The van der Waals surface area contributed by atoms with Gasteiger partial charge in [0.1, 0.15) is 17.6 Å². The number of aliphatic hydroxyl groups excluding tert-OH is 1. The summed E-state index contributed by atoms with van der Waals surface area (Å²) < 4.78 is 17.7. The van der Waals surface area contributed by atoms with Gasteiger partial charge in [0, 0.05) is 19.1 Å². The SMILES string of the molecule is CCCCOCC1O[C@@H](SCC)C(C)C(OCCCC)[C@@H]1O. The van der Waals surface area contributed by atoms with Gasteiger partial charge in [0.2, 0.25) is 0 Å². The van der Waals surface area contributed by atoms with E-state index in [0.717, 1.165) is 38.0 Å². The quantitative estimate of drug-likeness (QED) is 0.586. The normalized spacial score (nSPS) is 32.3. The van der Waals surface area contributed by atoms with E-state index in [0.29, 0.717) is 13.2 Å². The van der Waals surface area contributed by atoms with E-state index in [1.807, 2.05) is 0 Å². The maximum Gasteiger partial charge on any atom is 0.111 e. The second kappa shape index (κ2) is 11.7. The summed E-state index contributed by atoms with van der Waals surface area (Å²) in [5.74, 6) is 1.18. The Morgan fingerprint density at radius 3 is 2.41 bits per heavy atom. The van der Waals surface area contributed by atoms with Gasteiger partial charge in [0.05, 0.1) is 12.7 Å². The first-order valence-electron chi connectivity index (χ1n) is 8.80. The molecule has 4 nitrogen and oxygen atoms in total. The van der Waals surface area contributed by atoms with E-state index in [-0.39, 0.29) is 23.6 Å². The Morgan fingerprint density at radius 2 is 1.77 bits per heavy atom. The van der Waals surface area contributed by atoms with Crippen molar-refractivity contribution in [2.75, 3.05) is 25.6 Å². The first kappa shape index (κ1) is 20.2. The molecule has 3 unspecified atom stereocenters. The molecule has 1 saturated heterocycles. The van der Waals surface area contributed by atoms with Crippen molar-refractivity contribution in [1.29, 1.82) is 0 Å². The summed E-state index contributed by atoms with van der Waals surface area (Å²) in [5, 5.41) is 10.6. The van der Waals surface area contributed by atoms with Crippen molar-refractivity contribution >= 4 is 11.8 Å². The van der Waals surface area contributed by atoms with Gasteiger partial charge in [0.15, 0.2) is 0 Å². The smallest absolute Gasteiger partial charge is 0.111 e. The predicted octanol–water partition coefficient (Wildman–Crippen LogP) is 3.46. The molecule has 1 aliphatic heterocycles. The Kier molecular flexibility index (Phi) is 10.7. The fourth-order valence-electron chi connectivity index (χ4n) is 2.61. The Balaban J connectivity index is 2.58. The second-order valence-electron chi connectivity index (χ2n) is 5.97. The molecule has 0 radical (unpaired) electrons. The summed E-state index contributed by atoms with van der Waals surface area (Å²) >= 11 is 1.78. The van der Waals surface area contributed by atoms with Crippen molar-refractivity contribution in [3.8, 4) is 0 Å². The van der Waals surface area contributed by atoms with Gasteiger partial charge in [-0.05, 0) is 18.6 Å². The zero-order chi connectivity index (χ0) is 16.4. The van der Waals surface area contributed by atoms with Gasteiger partial charge >= 0.3 is 0 Å². The number of ether oxygens (including phenoxy) is 3. The topological polar surface area (TPSA) is 47.9 Å². The number of thioether (sulfide) groups is 1. The van der Waals surface area contributed by atoms with Crippen LogP contribution in [0.3, 0.4) is 0 Å². The minimum absolute atomic E-state index is 0.0693. The molecule has 0 aromatic rings. The molecular formula is C17H34O4S. The van der Waals surface area contributed by atoms with Crippen LogP contribution in [0.2, 0.25) is 0 Å². The summed E-state index contributed by atoms with van der Waals surface area (Å²) in [4.78, 5) is 0. The first-order valence-corrected chi connectivity index (χ1v) is 9.84. The maximum absolute atomic E-state index is 10.6. The molecule has 0 saturated carbocycles. The van der Waals surface area contributed by atoms with Crippen LogP contribution in [0.5, 0.6) is 0 Å². The highest BCUT2D eigenvalue weighted by molar-refractivity contribution is 7.99. The maximum atomic E-state index is 10.6. The third-order valence-electron chi connectivity index (χ3n) is 4.04. The van der Waals surface area contributed by atoms with E-state index in [1.54, 1.807) is 11.8 Å². The van der Waals surface area contributed by atoms with Crippen molar-refractivity contribution in [2.24, 2.45) is 5.92 Å². The van der Waals surface area contributed by atoms with E-state index in [1.165, 1.54) is 0 Å². The van der Waals surface area contributed by atoms with Crippen molar-refractivity contribution in [3.05, 3.63) is 0 Å². The van der Waals surface area contributed by atoms with E-state index in [4.69, 9.17) is 14.2 Å². The second-order valence-corrected chi connectivity index (χ2v) is 7.34. The largest absolute Gasteiger partial charge is 0.388 e. The molecule has 1 fully saturated rings. The molecule has 0 aromatic heterocycles. The van der Waals surface area contributed by atoms with Crippen LogP contribution in [0, 0.1) is 5.92 Å². The van der Waals surface area contributed by atoms with E-state index >= 15 is 0 Å². The summed E-state index contributed by atoms with van der Waals surface area (Å²) in [6.07, 6.45) is 3.23. The molecule has 5 atom stereocenters. The summed E-state index contributed by atoms with van der Waals surface area (Å²) in [7, 11) is 0. The standard InChI is InChI=1S/C17H34O4S/c1-5-8-10-19-12-14-15(18)16(20-11-9-6-2)13(4)17(21-14)22-7-3/h13-18H,5-12H2,1-4H3/t13?,14?,15-,16?,17+/m1/s1. The highest BCUT2D eigenvalue weighted by Crippen LogP contribution is 2.34. The van der Waals surface area contributed by atoms with Gasteiger partial charge in [-0.3, -0.25) is 0 Å². The fraction of sp³-hybridized carbons (Fsp3) is 1.00. The van der Waals surface area contributed by atoms with Crippen LogP contribution in [-0.2, 0) is 14.2 Å². The Morgan fingerprint density at radius 1 is 1.09 bits per heavy atom. The van der Waals surface area contributed by atoms with Gasteiger partial charge in [0.25, 0.3) is 0 Å².